The van der Waals surface area contributed by atoms with Crippen molar-refractivity contribution in [2.75, 3.05) is 0 Å². The van der Waals surface area contributed by atoms with Crippen LogP contribution < -0.4 is 10.5 Å². The molecule has 0 saturated carbocycles. The van der Waals surface area contributed by atoms with Crippen molar-refractivity contribution in [3.63, 3.8) is 0 Å². The molecular weight excluding hydrogens is 253 g/mol. The zero-order valence-corrected chi connectivity index (χ0v) is 11.7. The summed E-state index contributed by atoms with van der Waals surface area (Å²) in [6, 6.07) is 12.6. The second kappa shape index (κ2) is 4.60. The summed E-state index contributed by atoms with van der Waals surface area (Å²) in [7, 11) is 0. The third-order valence-corrected chi connectivity index (χ3v) is 3.95. The highest BCUT2D eigenvalue weighted by atomic mass is 19.1. The highest BCUT2D eigenvalue weighted by Gasteiger charge is 2.37. The predicted octanol–water partition coefficient (Wildman–Crippen LogP) is 3.83. The van der Waals surface area contributed by atoms with Gasteiger partial charge in [-0.05, 0) is 25.5 Å². The van der Waals surface area contributed by atoms with Crippen LogP contribution in [0.4, 0.5) is 4.39 Å². The summed E-state index contributed by atoms with van der Waals surface area (Å²) in [5, 5.41) is 0. The van der Waals surface area contributed by atoms with Gasteiger partial charge in [0.25, 0.3) is 0 Å². The number of benzene rings is 2. The van der Waals surface area contributed by atoms with Crippen molar-refractivity contribution in [1.29, 1.82) is 0 Å². The standard InChI is InChI=1S/C17H18FNO/c1-11-4-3-5-12(8-11)17(2)10-15(19)14-7-6-13(18)9-16(14)20-17/h3-9,15H,10,19H2,1-2H3. The Kier molecular flexibility index (Phi) is 3.02. The van der Waals surface area contributed by atoms with Gasteiger partial charge in [0.1, 0.15) is 17.2 Å². The first-order chi connectivity index (χ1) is 9.48. The Hall–Kier alpha value is -1.87. The van der Waals surface area contributed by atoms with Crippen LogP contribution in [0.5, 0.6) is 5.75 Å². The van der Waals surface area contributed by atoms with E-state index in [0.717, 1.165) is 11.1 Å². The van der Waals surface area contributed by atoms with Crippen LogP contribution in [-0.2, 0) is 5.60 Å². The molecule has 2 nitrogen and oxygen atoms in total. The number of hydrogen-bond donors (Lipinski definition) is 1. The van der Waals surface area contributed by atoms with E-state index in [1.807, 2.05) is 32.0 Å². The molecule has 0 fully saturated rings. The third kappa shape index (κ3) is 2.18. The summed E-state index contributed by atoms with van der Waals surface area (Å²) in [6.07, 6.45) is 0.676. The average molecular weight is 271 g/mol. The van der Waals surface area contributed by atoms with E-state index in [2.05, 4.69) is 6.07 Å². The van der Waals surface area contributed by atoms with Crippen LogP contribution in [0.25, 0.3) is 0 Å². The van der Waals surface area contributed by atoms with Crippen molar-refractivity contribution in [3.8, 4) is 5.75 Å². The van der Waals surface area contributed by atoms with Crippen molar-refractivity contribution < 1.29 is 9.13 Å². The second-order valence-electron chi connectivity index (χ2n) is 5.70. The maximum absolute atomic E-state index is 13.4. The van der Waals surface area contributed by atoms with E-state index < -0.39 is 5.60 Å². The van der Waals surface area contributed by atoms with Crippen LogP contribution in [-0.4, -0.2) is 0 Å². The Morgan fingerprint density at radius 2 is 2.05 bits per heavy atom. The lowest BCUT2D eigenvalue weighted by Gasteiger charge is -2.39. The molecule has 0 saturated heterocycles. The average Bonchev–Trinajstić information content (AvgIpc) is 2.38. The molecule has 2 aromatic rings. The first kappa shape index (κ1) is 13.1. The van der Waals surface area contributed by atoms with Crippen LogP contribution in [0.15, 0.2) is 42.5 Å². The third-order valence-electron chi connectivity index (χ3n) is 3.95. The quantitative estimate of drug-likeness (QED) is 0.855. The molecule has 1 aliphatic rings. The summed E-state index contributed by atoms with van der Waals surface area (Å²) in [4.78, 5) is 0. The number of fused-ring (bicyclic) bond motifs is 1. The van der Waals surface area contributed by atoms with Gasteiger partial charge >= 0.3 is 0 Å². The zero-order chi connectivity index (χ0) is 14.3. The van der Waals surface area contributed by atoms with Crippen LogP contribution in [0.3, 0.4) is 0 Å². The molecule has 0 amide bonds. The number of nitrogens with two attached hydrogens (primary N) is 1. The first-order valence-corrected chi connectivity index (χ1v) is 6.79. The van der Waals surface area contributed by atoms with Crippen molar-refractivity contribution in [2.45, 2.75) is 31.9 Å². The molecule has 2 N–H and O–H groups in total. The molecule has 104 valence electrons. The topological polar surface area (TPSA) is 35.2 Å². The number of ether oxygens (including phenoxy) is 1. The van der Waals surface area contributed by atoms with Gasteiger partial charge in [0, 0.05) is 24.1 Å². The van der Waals surface area contributed by atoms with Gasteiger partial charge in [-0.1, -0.05) is 35.9 Å². The molecule has 20 heavy (non-hydrogen) atoms. The SMILES string of the molecule is Cc1cccc(C2(C)CC(N)c3ccc(F)cc3O2)c1. The Bertz CT molecular complexity index is 655. The molecule has 2 aromatic carbocycles. The van der Waals surface area contributed by atoms with Gasteiger partial charge in [0.15, 0.2) is 0 Å². The lowest BCUT2D eigenvalue weighted by atomic mass is 9.83. The monoisotopic (exact) mass is 271 g/mol. The summed E-state index contributed by atoms with van der Waals surface area (Å²) in [5.41, 5.74) is 8.84. The summed E-state index contributed by atoms with van der Waals surface area (Å²) in [5.74, 6) is 0.247. The fourth-order valence-electron chi connectivity index (χ4n) is 2.87. The molecule has 0 aliphatic carbocycles. The lowest BCUT2D eigenvalue weighted by Crippen LogP contribution is -2.38. The van der Waals surface area contributed by atoms with E-state index >= 15 is 0 Å². The molecule has 1 heterocycles. The Labute approximate surface area is 118 Å². The van der Waals surface area contributed by atoms with Gasteiger partial charge in [0.05, 0.1) is 0 Å². The minimum atomic E-state index is -0.522. The highest BCUT2D eigenvalue weighted by molar-refractivity contribution is 5.41. The molecule has 0 spiro atoms. The van der Waals surface area contributed by atoms with Crippen molar-refractivity contribution >= 4 is 0 Å². The van der Waals surface area contributed by atoms with Gasteiger partial charge in [0.2, 0.25) is 0 Å². The minimum absolute atomic E-state index is 0.148. The molecule has 0 radical (unpaired) electrons. The van der Waals surface area contributed by atoms with E-state index in [0.29, 0.717) is 12.2 Å². The summed E-state index contributed by atoms with van der Waals surface area (Å²) >= 11 is 0. The van der Waals surface area contributed by atoms with Gasteiger partial charge in [-0.25, -0.2) is 4.39 Å². The van der Waals surface area contributed by atoms with Gasteiger partial charge in [-0.2, -0.15) is 0 Å². The molecule has 0 bridgehead atoms. The van der Waals surface area contributed by atoms with Crippen molar-refractivity contribution in [1.82, 2.24) is 0 Å². The zero-order valence-electron chi connectivity index (χ0n) is 11.7. The maximum Gasteiger partial charge on any atom is 0.133 e. The van der Waals surface area contributed by atoms with Gasteiger partial charge in [-0.15, -0.1) is 0 Å². The first-order valence-electron chi connectivity index (χ1n) is 6.79. The number of aryl methyl sites for hydroxylation is 1. The van der Waals surface area contributed by atoms with E-state index in [-0.39, 0.29) is 11.9 Å². The maximum atomic E-state index is 13.4. The highest BCUT2D eigenvalue weighted by Crippen LogP contribution is 2.43. The smallest absolute Gasteiger partial charge is 0.133 e. The van der Waals surface area contributed by atoms with E-state index in [1.54, 1.807) is 6.07 Å². The number of hydrogen-bond acceptors (Lipinski definition) is 2. The molecule has 2 unspecified atom stereocenters. The summed E-state index contributed by atoms with van der Waals surface area (Å²) in [6.45, 7) is 4.05. The van der Waals surface area contributed by atoms with Crippen LogP contribution >= 0.6 is 0 Å². The van der Waals surface area contributed by atoms with E-state index in [4.69, 9.17) is 10.5 Å². The van der Waals surface area contributed by atoms with Crippen LogP contribution in [0.1, 0.15) is 36.1 Å². The Balaban J connectivity index is 2.05. The van der Waals surface area contributed by atoms with E-state index in [9.17, 15) is 4.39 Å². The number of rotatable bonds is 1. The number of halogens is 1. The molecule has 3 rings (SSSR count). The predicted molar refractivity (Wildman–Crippen MR) is 77.1 cm³/mol. The van der Waals surface area contributed by atoms with Crippen molar-refractivity contribution in [2.24, 2.45) is 5.73 Å². The second-order valence-corrected chi connectivity index (χ2v) is 5.70. The molecule has 1 aliphatic heterocycles. The van der Waals surface area contributed by atoms with Crippen LogP contribution in [0.2, 0.25) is 0 Å². The molecule has 2 atom stereocenters. The molecule has 0 aromatic heterocycles. The molecular formula is C17H18FNO. The fraction of sp³-hybridized carbons (Fsp3) is 0.294. The molecule has 3 heteroatoms. The minimum Gasteiger partial charge on any atom is -0.482 e. The normalized spacial score (nSPS) is 24.9. The van der Waals surface area contributed by atoms with E-state index in [1.165, 1.54) is 17.7 Å². The van der Waals surface area contributed by atoms with Gasteiger partial charge < -0.3 is 10.5 Å². The largest absolute Gasteiger partial charge is 0.482 e. The van der Waals surface area contributed by atoms with Crippen LogP contribution in [0, 0.1) is 12.7 Å². The van der Waals surface area contributed by atoms with Crippen molar-refractivity contribution in [3.05, 3.63) is 65.0 Å². The Morgan fingerprint density at radius 1 is 1.25 bits per heavy atom. The lowest BCUT2D eigenvalue weighted by molar-refractivity contribution is 0.0507. The van der Waals surface area contributed by atoms with Gasteiger partial charge in [-0.3, -0.25) is 0 Å². The Morgan fingerprint density at radius 3 is 2.80 bits per heavy atom. The summed E-state index contributed by atoms with van der Waals surface area (Å²) < 4.78 is 19.5. The fourth-order valence-corrected chi connectivity index (χ4v) is 2.87.